The van der Waals surface area contributed by atoms with Crippen LogP contribution in [0, 0.1) is 19.8 Å². The third-order valence-electron chi connectivity index (χ3n) is 3.08. The first-order valence-electron chi connectivity index (χ1n) is 5.99. The van der Waals surface area contributed by atoms with Crippen molar-refractivity contribution in [1.82, 2.24) is 9.97 Å². The number of halogens is 1. The first-order chi connectivity index (χ1) is 8.16. The van der Waals surface area contributed by atoms with Crippen molar-refractivity contribution in [1.29, 1.82) is 0 Å². The highest BCUT2D eigenvalue weighted by Gasteiger charge is 2.15. The van der Waals surface area contributed by atoms with Crippen LogP contribution in [0.3, 0.4) is 0 Å². The lowest BCUT2D eigenvalue weighted by molar-refractivity contribution is 0.0595. The summed E-state index contributed by atoms with van der Waals surface area (Å²) in [5, 5.41) is 3.71. The molecule has 1 atom stereocenters. The standard InChI is InChI=1S/C12H18ClN3O/c1-8-9(2)16-12(11(13)15-8)14-6-10-4-3-5-17-7-10/h10H,3-7H2,1-2H3,(H,14,16). The van der Waals surface area contributed by atoms with Gasteiger partial charge in [-0.3, -0.25) is 0 Å². The Labute approximate surface area is 107 Å². The number of ether oxygens (including phenoxy) is 1. The predicted octanol–water partition coefficient (Wildman–Crippen LogP) is 2.59. The van der Waals surface area contributed by atoms with E-state index in [1.807, 2.05) is 13.8 Å². The molecule has 0 amide bonds. The second kappa shape index (κ2) is 5.65. The summed E-state index contributed by atoms with van der Waals surface area (Å²) in [5.74, 6) is 1.23. The first-order valence-corrected chi connectivity index (χ1v) is 6.37. The largest absolute Gasteiger partial charge is 0.381 e. The number of nitrogens with one attached hydrogen (secondary N) is 1. The molecule has 94 valence electrons. The second-order valence-electron chi connectivity index (χ2n) is 4.50. The second-order valence-corrected chi connectivity index (χ2v) is 4.86. The van der Waals surface area contributed by atoms with Crippen molar-refractivity contribution >= 4 is 17.4 Å². The maximum Gasteiger partial charge on any atom is 0.171 e. The average molecular weight is 256 g/mol. The third kappa shape index (κ3) is 3.30. The summed E-state index contributed by atoms with van der Waals surface area (Å²) in [6.45, 7) is 6.40. The third-order valence-corrected chi connectivity index (χ3v) is 3.34. The van der Waals surface area contributed by atoms with Crippen LogP contribution in [-0.2, 0) is 4.74 Å². The molecule has 17 heavy (non-hydrogen) atoms. The molecule has 0 spiro atoms. The highest BCUT2D eigenvalue weighted by atomic mass is 35.5. The molecule has 0 radical (unpaired) electrons. The molecule has 1 aliphatic rings. The number of hydrogen-bond donors (Lipinski definition) is 1. The van der Waals surface area contributed by atoms with Gasteiger partial charge in [0.25, 0.3) is 0 Å². The number of hydrogen-bond acceptors (Lipinski definition) is 4. The molecule has 1 saturated heterocycles. The van der Waals surface area contributed by atoms with Crippen LogP contribution in [0.15, 0.2) is 0 Å². The minimum Gasteiger partial charge on any atom is -0.381 e. The van der Waals surface area contributed by atoms with Gasteiger partial charge in [0.15, 0.2) is 11.0 Å². The fourth-order valence-corrected chi connectivity index (χ4v) is 2.13. The summed E-state index contributed by atoms with van der Waals surface area (Å²) in [4.78, 5) is 8.66. The molecule has 1 fully saturated rings. The normalized spacial score (nSPS) is 20.3. The molecule has 1 N–H and O–H groups in total. The summed E-state index contributed by atoms with van der Waals surface area (Å²) in [6, 6.07) is 0. The first kappa shape index (κ1) is 12.6. The van der Waals surface area contributed by atoms with Gasteiger partial charge < -0.3 is 10.1 Å². The quantitative estimate of drug-likeness (QED) is 0.902. The Morgan fingerprint density at radius 3 is 2.82 bits per heavy atom. The van der Waals surface area contributed by atoms with E-state index >= 15 is 0 Å². The molecule has 1 aromatic rings. The Bertz CT molecular complexity index is 392. The van der Waals surface area contributed by atoms with E-state index < -0.39 is 0 Å². The van der Waals surface area contributed by atoms with Crippen LogP contribution in [-0.4, -0.2) is 29.7 Å². The van der Waals surface area contributed by atoms with Crippen molar-refractivity contribution in [2.45, 2.75) is 26.7 Å². The van der Waals surface area contributed by atoms with Crippen LogP contribution in [0.2, 0.25) is 5.15 Å². The molecule has 0 saturated carbocycles. The number of nitrogens with zero attached hydrogens (tertiary/aromatic N) is 2. The lowest BCUT2D eigenvalue weighted by Gasteiger charge is -2.22. The van der Waals surface area contributed by atoms with Crippen molar-refractivity contribution in [3.8, 4) is 0 Å². The molecule has 1 unspecified atom stereocenters. The van der Waals surface area contributed by atoms with Crippen LogP contribution in [0.4, 0.5) is 5.82 Å². The van der Waals surface area contributed by atoms with E-state index in [0.29, 0.717) is 16.9 Å². The Morgan fingerprint density at radius 1 is 1.35 bits per heavy atom. The van der Waals surface area contributed by atoms with Gasteiger partial charge in [-0.25, -0.2) is 9.97 Å². The zero-order valence-electron chi connectivity index (χ0n) is 10.3. The van der Waals surface area contributed by atoms with Gasteiger partial charge in [-0.1, -0.05) is 11.6 Å². The molecule has 0 aromatic carbocycles. The van der Waals surface area contributed by atoms with Crippen molar-refractivity contribution in [3.63, 3.8) is 0 Å². The van der Waals surface area contributed by atoms with Gasteiger partial charge in [-0.2, -0.15) is 0 Å². The fraction of sp³-hybridized carbons (Fsp3) is 0.667. The topological polar surface area (TPSA) is 47.0 Å². The van der Waals surface area contributed by atoms with E-state index in [1.54, 1.807) is 0 Å². The van der Waals surface area contributed by atoms with Crippen LogP contribution in [0.25, 0.3) is 0 Å². The maximum absolute atomic E-state index is 6.05. The molecular weight excluding hydrogens is 238 g/mol. The van der Waals surface area contributed by atoms with E-state index in [9.17, 15) is 0 Å². The lowest BCUT2D eigenvalue weighted by Crippen LogP contribution is -2.24. The van der Waals surface area contributed by atoms with Gasteiger partial charge in [0.05, 0.1) is 18.0 Å². The highest BCUT2D eigenvalue weighted by Crippen LogP contribution is 2.20. The SMILES string of the molecule is Cc1nc(Cl)c(NCC2CCCOC2)nc1C. The minimum atomic E-state index is 0.449. The van der Waals surface area contributed by atoms with Crippen molar-refractivity contribution < 1.29 is 4.74 Å². The number of aryl methyl sites for hydroxylation is 2. The minimum absolute atomic E-state index is 0.449. The molecule has 1 aliphatic heterocycles. The zero-order chi connectivity index (χ0) is 12.3. The lowest BCUT2D eigenvalue weighted by atomic mass is 10.0. The van der Waals surface area contributed by atoms with Crippen LogP contribution in [0.1, 0.15) is 24.2 Å². The van der Waals surface area contributed by atoms with E-state index in [1.165, 1.54) is 6.42 Å². The Kier molecular flexibility index (Phi) is 4.18. The van der Waals surface area contributed by atoms with Crippen molar-refractivity contribution in [2.75, 3.05) is 25.1 Å². The van der Waals surface area contributed by atoms with Crippen molar-refractivity contribution in [3.05, 3.63) is 16.5 Å². The number of anilines is 1. The van der Waals surface area contributed by atoms with E-state index in [2.05, 4.69) is 15.3 Å². The summed E-state index contributed by atoms with van der Waals surface area (Å²) in [6.07, 6.45) is 2.33. The molecule has 1 aromatic heterocycles. The Hall–Kier alpha value is -0.870. The van der Waals surface area contributed by atoms with Gasteiger partial charge in [-0.05, 0) is 32.6 Å². The molecule has 0 bridgehead atoms. The molecule has 2 heterocycles. The van der Waals surface area contributed by atoms with E-state index in [-0.39, 0.29) is 0 Å². The van der Waals surface area contributed by atoms with E-state index in [4.69, 9.17) is 16.3 Å². The maximum atomic E-state index is 6.05. The Balaban J connectivity index is 1.96. The summed E-state index contributed by atoms with van der Waals surface area (Å²) in [5.41, 5.74) is 1.79. The molecule has 5 heteroatoms. The van der Waals surface area contributed by atoms with Gasteiger partial charge >= 0.3 is 0 Å². The van der Waals surface area contributed by atoms with Gasteiger partial charge in [0.2, 0.25) is 0 Å². The van der Waals surface area contributed by atoms with Crippen LogP contribution in [0.5, 0.6) is 0 Å². The van der Waals surface area contributed by atoms with Gasteiger partial charge in [0, 0.05) is 13.2 Å². The number of rotatable bonds is 3. The van der Waals surface area contributed by atoms with Crippen LogP contribution >= 0.6 is 11.6 Å². The van der Waals surface area contributed by atoms with Crippen molar-refractivity contribution in [2.24, 2.45) is 5.92 Å². The molecule has 4 nitrogen and oxygen atoms in total. The summed E-state index contributed by atoms with van der Waals surface area (Å²) in [7, 11) is 0. The molecular formula is C12H18ClN3O. The van der Waals surface area contributed by atoms with Gasteiger partial charge in [0.1, 0.15) is 0 Å². The number of aromatic nitrogens is 2. The van der Waals surface area contributed by atoms with Gasteiger partial charge in [-0.15, -0.1) is 0 Å². The Morgan fingerprint density at radius 2 is 2.12 bits per heavy atom. The fourth-order valence-electron chi connectivity index (χ4n) is 1.90. The van der Waals surface area contributed by atoms with Crippen LogP contribution < -0.4 is 5.32 Å². The average Bonchev–Trinajstić information content (AvgIpc) is 2.33. The monoisotopic (exact) mass is 255 g/mol. The smallest absolute Gasteiger partial charge is 0.171 e. The summed E-state index contributed by atoms with van der Waals surface area (Å²) < 4.78 is 5.43. The summed E-state index contributed by atoms with van der Waals surface area (Å²) >= 11 is 6.05. The molecule has 2 rings (SSSR count). The predicted molar refractivity (Wildman–Crippen MR) is 68.5 cm³/mol. The zero-order valence-corrected chi connectivity index (χ0v) is 11.0. The van der Waals surface area contributed by atoms with E-state index in [0.717, 1.165) is 37.6 Å². The highest BCUT2D eigenvalue weighted by molar-refractivity contribution is 6.31. The molecule has 0 aliphatic carbocycles.